The number of aryl methyl sites for hydroxylation is 1. The Bertz CT molecular complexity index is 495. The summed E-state index contributed by atoms with van der Waals surface area (Å²) in [7, 11) is 1.58. The van der Waals surface area contributed by atoms with Crippen molar-refractivity contribution in [2.24, 2.45) is 5.41 Å². The zero-order valence-corrected chi connectivity index (χ0v) is 11.8. The molecule has 5 nitrogen and oxygen atoms in total. The van der Waals surface area contributed by atoms with Crippen LogP contribution in [0.2, 0.25) is 0 Å². The molecule has 0 unspecified atom stereocenters. The highest BCUT2D eigenvalue weighted by molar-refractivity contribution is 5.96. The molecule has 0 atom stereocenters. The lowest BCUT2D eigenvalue weighted by Crippen LogP contribution is -2.43. The van der Waals surface area contributed by atoms with Gasteiger partial charge in [-0.1, -0.05) is 0 Å². The Hall–Kier alpha value is -2.04. The van der Waals surface area contributed by atoms with Crippen LogP contribution in [0.5, 0.6) is 0 Å². The molecule has 0 aliphatic carbocycles. The number of hydrogen-bond donors (Lipinski definition) is 3. The molecule has 4 N–H and O–H groups in total. The number of benzene rings is 1. The molecular weight excluding hydrogens is 242 g/mol. The van der Waals surface area contributed by atoms with Gasteiger partial charge in [0, 0.05) is 24.8 Å². The molecular formula is C14H21N3O2. The van der Waals surface area contributed by atoms with Crippen LogP contribution in [0, 0.1) is 12.3 Å². The molecule has 1 rings (SSSR count). The van der Waals surface area contributed by atoms with Gasteiger partial charge in [0.25, 0.3) is 5.91 Å². The Morgan fingerprint density at radius 3 is 2.47 bits per heavy atom. The number of amides is 2. The van der Waals surface area contributed by atoms with Crippen LogP contribution in [0.25, 0.3) is 0 Å². The maximum atomic E-state index is 12.1. The molecule has 1 aromatic rings. The molecule has 0 aliphatic heterocycles. The molecule has 1 aromatic carbocycles. The SMILES string of the molecule is CNC(=O)C(C)(C)CNC(=O)c1ccc(N)cc1C. The molecule has 5 heteroatoms. The summed E-state index contributed by atoms with van der Waals surface area (Å²) in [5.41, 5.74) is 7.01. The Morgan fingerprint density at radius 2 is 1.95 bits per heavy atom. The van der Waals surface area contributed by atoms with Crippen molar-refractivity contribution in [3.63, 3.8) is 0 Å². The fourth-order valence-corrected chi connectivity index (χ4v) is 1.76. The van der Waals surface area contributed by atoms with Gasteiger partial charge in [-0.15, -0.1) is 0 Å². The van der Waals surface area contributed by atoms with Crippen molar-refractivity contribution < 1.29 is 9.59 Å². The van der Waals surface area contributed by atoms with Crippen molar-refractivity contribution in [2.45, 2.75) is 20.8 Å². The first-order chi connectivity index (χ1) is 8.77. The number of rotatable bonds is 4. The van der Waals surface area contributed by atoms with E-state index in [-0.39, 0.29) is 18.4 Å². The predicted octanol–water partition coefficient (Wildman–Crippen LogP) is 1.08. The van der Waals surface area contributed by atoms with Gasteiger partial charge < -0.3 is 16.4 Å². The van der Waals surface area contributed by atoms with E-state index >= 15 is 0 Å². The standard InChI is InChI=1S/C14H21N3O2/c1-9-7-10(15)5-6-11(9)12(18)17-8-14(2,3)13(19)16-4/h5-7H,8,15H2,1-4H3,(H,16,19)(H,17,18). The Kier molecular flexibility index (Phi) is 4.53. The summed E-state index contributed by atoms with van der Waals surface area (Å²) in [4.78, 5) is 23.7. The number of carbonyl (C=O) groups excluding carboxylic acids is 2. The number of anilines is 1. The molecule has 0 aromatic heterocycles. The van der Waals surface area contributed by atoms with Gasteiger partial charge in [-0.25, -0.2) is 0 Å². The highest BCUT2D eigenvalue weighted by Crippen LogP contribution is 2.15. The highest BCUT2D eigenvalue weighted by Gasteiger charge is 2.27. The van der Waals surface area contributed by atoms with Crippen LogP contribution in [0.1, 0.15) is 29.8 Å². The smallest absolute Gasteiger partial charge is 0.251 e. The van der Waals surface area contributed by atoms with Gasteiger partial charge in [-0.05, 0) is 44.5 Å². The molecule has 0 spiro atoms. The van der Waals surface area contributed by atoms with Crippen LogP contribution in [0.3, 0.4) is 0 Å². The Labute approximate surface area is 113 Å². The van der Waals surface area contributed by atoms with E-state index in [2.05, 4.69) is 10.6 Å². The minimum absolute atomic E-state index is 0.109. The van der Waals surface area contributed by atoms with Crippen LogP contribution >= 0.6 is 0 Å². The molecule has 0 heterocycles. The van der Waals surface area contributed by atoms with Crippen molar-refractivity contribution in [1.82, 2.24) is 10.6 Å². The van der Waals surface area contributed by atoms with Crippen LogP contribution in [-0.2, 0) is 4.79 Å². The molecule has 104 valence electrons. The van der Waals surface area contributed by atoms with Crippen LogP contribution < -0.4 is 16.4 Å². The first kappa shape index (κ1) is 15.0. The fraction of sp³-hybridized carbons (Fsp3) is 0.429. The normalized spacial score (nSPS) is 10.9. The average molecular weight is 263 g/mol. The molecule has 2 amide bonds. The van der Waals surface area contributed by atoms with Crippen molar-refractivity contribution in [2.75, 3.05) is 19.3 Å². The zero-order chi connectivity index (χ0) is 14.6. The van der Waals surface area contributed by atoms with Crippen LogP contribution in [-0.4, -0.2) is 25.4 Å². The number of hydrogen-bond acceptors (Lipinski definition) is 3. The van der Waals surface area contributed by atoms with Gasteiger partial charge in [-0.2, -0.15) is 0 Å². The molecule has 0 saturated carbocycles. The van der Waals surface area contributed by atoms with E-state index in [4.69, 9.17) is 5.73 Å². The molecule has 19 heavy (non-hydrogen) atoms. The van der Waals surface area contributed by atoms with Crippen molar-refractivity contribution >= 4 is 17.5 Å². The van der Waals surface area contributed by atoms with E-state index in [1.54, 1.807) is 39.1 Å². The van der Waals surface area contributed by atoms with Gasteiger partial charge in [0.1, 0.15) is 0 Å². The van der Waals surface area contributed by atoms with Gasteiger partial charge >= 0.3 is 0 Å². The number of nitrogens with one attached hydrogen (secondary N) is 2. The lowest BCUT2D eigenvalue weighted by molar-refractivity contribution is -0.128. The second kappa shape index (κ2) is 5.73. The number of nitrogens with two attached hydrogens (primary N) is 1. The summed E-state index contributed by atoms with van der Waals surface area (Å²) in [6.45, 7) is 5.66. The monoisotopic (exact) mass is 263 g/mol. The van der Waals surface area contributed by atoms with Gasteiger partial charge in [0.2, 0.25) is 5.91 Å². The predicted molar refractivity (Wildman–Crippen MR) is 75.8 cm³/mol. The summed E-state index contributed by atoms with van der Waals surface area (Å²) in [5.74, 6) is -0.309. The van der Waals surface area contributed by atoms with Crippen molar-refractivity contribution in [3.8, 4) is 0 Å². The highest BCUT2D eigenvalue weighted by atomic mass is 16.2. The molecule has 0 radical (unpaired) electrons. The van der Waals surface area contributed by atoms with E-state index in [9.17, 15) is 9.59 Å². The first-order valence-corrected chi connectivity index (χ1v) is 6.14. The van der Waals surface area contributed by atoms with Gasteiger partial charge in [-0.3, -0.25) is 9.59 Å². The van der Waals surface area contributed by atoms with Crippen LogP contribution in [0.4, 0.5) is 5.69 Å². The maximum absolute atomic E-state index is 12.1. The van der Waals surface area contributed by atoms with E-state index in [1.165, 1.54) is 0 Å². The minimum Gasteiger partial charge on any atom is -0.399 e. The third kappa shape index (κ3) is 3.71. The maximum Gasteiger partial charge on any atom is 0.251 e. The van der Waals surface area contributed by atoms with E-state index in [1.807, 2.05) is 6.92 Å². The Balaban J connectivity index is 2.73. The second-order valence-electron chi connectivity index (χ2n) is 5.22. The first-order valence-electron chi connectivity index (χ1n) is 6.14. The molecule has 0 aliphatic rings. The van der Waals surface area contributed by atoms with E-state index in [0.717, 1.165) is 5.56 Å². The minimum atomic E-state index is -0.647. The molecule has 0 bridgehead atoms. The second-order valence-corrected chi connectivity index (χ2v) is 5.22. The van der Waals surface area contributed by atoms with Gasteiger partial charge in [0.05, 0.1) is 5.41 Å². The largest absolute Gasteiger partial charge is 0.399 e. The third-order valence-electron chi connectivity index (χ3n) is 3.03. The quantitative estimate of drug-likeness (QED) is 0.711. The summed E-state index contributed by atoms with van der Waals surface area (Å²) < 4.78 is 0. The lowest BCUT2D eigenvalue weighted by Gasteiger charge is -2.23. The summed E-state index contributed by atoms with van der Waals surface area (Å²) >= 11 is 0. The van der Waals surface area contributed by atoms with Crippen LogP contribution in [0.15, 0.2) is 18.2 Å². The molecule has 0 fully saturated rings. The lowest BCUT2D eigenvalue weighted by atomic mass is 9.92. The summed E-state index contributed by atoms with van der Waals surface area (Å²) in [6, 6.07) is 5.12. The molecule has 0 saturated heterocycles. The van der Waals surface area contributed by atoms with E-state index in [0.29, 0.717) is 11.3 Å². The van der Waals surface area contributed by atoms with E-state index < -0.39 is 5.41 Å². The topological polar surface area (TPSA) is 84.2 Å². The van der Waals surface area contributed by atoms with Gasteiger partial charge in [0.15, 0.2) is 0 Å². The summed E-state index contributed by atoms with van der Waals surface area (Å²) in [5, 5.41) is 5.35. The van der Waals surface area contributed by atoms with Crippen molar-refractivity contribution in [1.29, 1.82) is 0 Å². The Morgan fingerprint density at radius 1 is 1.32 bits per heavy atom. The number of carbonyl (C=O) groups is 2. The summed E-state index contributed by atoms with van der Waals surface area (Å²) in [6.07, 6.45) is 0. The third-order valence-corrected chi connectivity index (χ3v) is 3.03. The average Bonchev–Trinajstić information content (AvgIpc) is 2.35. The van der Waals surface area contributed by atoms with Crippen molar-refractivity contribution in [3.05, 3.63) is 29.3 Å². The zero-order valence-electron chi connectivity index (χ0n) is 11.8. The fourth-order valence-electron chi connectivity index (χ4n) is 1.76. The number of nitrogen functional groups attached to an aromatic ring is 1.